The van der Waals surface area contributed by atoms with E-state index in [2.05, 4.69) is 20.9 Å². The number of carbonyl (C=O) groups excluding carboxylic acids is 1. The molecule has 7 heteroatoms. The number of nitrogens with zero attached hydrogens (tertiary/aromatic N) is 1. The van der Waals surface area contributed by atoms with E-state index in [0.29, 0.717) is 0 Å². The second kappa shape index (κ2) is 4.18. The first-order valence-electron chi connectivity index (χ1n) is 3.37. The van der Waals surface area contributed by atoms with E-state index in [1.54, 1.807) is 0 Å². The van der Waals surface area contributed by atoms with Crippen LogP contribution in [0.5, 0.6) is 0 Å². The fourth-order valence-corrected chi connectivity index (χ4v) is 1.53. The third-order valence-electron chi connectivity index (χ3n) is 1.50. The minimum atomic E-state index is -2.84. The molecule has 14 heavy (non-hydrogen) atoms. The van der Waals surface area contributed by atoms with Gasteiger partial charge in [-0.05, 0) is 15.9 Å². The first-order valence-corrected chi connectivity index (χ1v) is 4.54. The zero-order chi connectivity index (χ0) is 10.9. The van der Waals surface area contributed by atoms with Crippen molar-refractivity contribution in [2.24, 2.45) is 5.73 Å². The largest absolute Gasteiger partial charge is 0.366 e. The summed E-state index contributed by atoms with van der Waals surface area (Å²) < 4.78 is 24.9. The Labute approximate surface area is 91.4 Å². The molecule has 0 fully saturated rings. The van der Waals surface area contributed by atoms with E-state index in [-0.39, 0.29) is 15.2 Å². The van der Waals surface area contributed by atoms with Crippen LogP contribution in [0.3, 0.4) is 0 Å². The smallest absolute Gasteiger partial charge is 0.265 e. The topological polar surface area (TPSA) is 56.0 Å². The number of pyridine rings is 1. The number of alkyl halides is 2. The lowest BCUT2D eigenvalue weighted by Crippen LogP contribution is -2.15. The van der Waals surface area contributed by atoms with Crippen LogP contribution in [0.1, 0.15) is 22.3 Å². The van der Waals surface area contributed by atoms with E-state index in [4.69, 9.17) is 17.3 Å². The highest BCUT2D eigenvalue weighted by molar-refractivity contribution is 9.10. The van der Waals surface area contributed by atoms with Gasteiger partial charge in [-0.1, -0.05) is 11.6 Å². The molecule has 0 aliphatic rings. The molecule has 0 aliphatic carbocycles. The van der Waals surface area contributed by atoms with Gasteiger partial charge in [-0.3, -0.25) is 4.79 Å². The number of amides is 1. The molecule has 3 nitrogen and oxygen atoms in total. The molecule has 0 bridgehead atoms. The third kappa shape index (κ3) is 2.01. The van der Waals surface area contributed by atoms with Crippen molar-refractivity contribution in [2.45, 2.75) is 6.43 Å². The molecule has 1 amide bonds. The fraction of sp³-hybridized carbons (Fsp3) is 0.143. The zero-order valence-electron chi connectivity index (χ0n) is 6.60. The molecule has 0 spiro atoms. The van der Waals surface area contributed by atoms with Gasteiger partial charge in [-0.2, -0.15) is 0 Å². The lowest BCUT2D eigenvalue weighted by molar-refractivity contribution is 0.0985. The van der Waals surface area contributed by atoms with E-state index in [1.807, 2.05) is 0 Å². The average molecular weight is 285 g/mol. The minimum absolute atomic E-state index is 0.106. The highest BCUT2D eigenvalue weighted by atomic mass is 79.9. The molecular formula is C7H4BrClF2N2O. The quantitative estimate of drug-likeness (QED) is 0.849. The molecule has 0 aliphatic heterocycles. The zero-order valence-corrected chi connectivity index (χ0v) is 8.94. The van der Waals surface area contributed by atoms with Crippen molar-refractivity contribution < 1.29 is 13.6 Å². The molecule has 0 atom stereocenters. The standard InChI is InChI=1S/C7H4BrClF2N2O/c8-4-3(6(10)11)2(7(12)14)1-13-5(4)9/h1,6H,(H2,12,14). The van der Waals surface area contributed by atoms with Gasteiger partial charge >= 0.3 is 0 Å². The highest BCUT2D eigenvalue weighted by Crippen LogP contribution is 2.33. The Bertz CT molecular complexity index is 386. The number of aromatic nitrogens is 1. The van der Waals surface area contributed by atoms with Gasteiger partial charge in [0.2, 0.25) is 0 Å². The van der Waals surface area contributed by atoms with Crippen LogP contribution in [0.15, 0.2) is 10.7 Å². The fourth-order valence-electron chi connectivity index (χ4n) is 0.886. The van der Waals surface area contributed by atoms with Gasteiger partial charge in [-0.15, -0.1) is 0 Å². The molecule has 76 valence electrons. The van der Waals surface area contributed by atoms with Crippen molar-refractivity contribution in [3.05, 3.63) is 26.9 Å². The van der Waals surface area contributed by atoms with Crippen LogP contribution in [0.25, 0.3) is 0 Å². The highest BCUT2D eigenvalue weighted by Gasteiger charge is 2.22. The molecule has 1 aromatic rings. The average Bonchev–Trinajstić information content (AvgIpc) is 2.08. The van der Waals surface area contributed by atoms with Gasteiger partial charge in [0, 0.05) is 11.8 Å². The van der Waals surface area contributed by atoms with E-state index >= 15 is 0 Å². The van der Waals surface area contributed by atoms with Crippen molar-refractivity contribution in [3.63, 3.8) is 0 Å². The van der Waals surface area contributed by atoms with Crippen molar-refractivity contribution in [1.29, 1.82) is 0 Å². The SMILES string of the molecule is NC(=O)c1cnc(Cl)c(Br)c1C(F)F. The summed E-state index contributed by atoms with van der Waals surface area (Å²) in [6.45, 7) is 0. The van der Waals surface area contributed by atoms with Gasteiger partial charge in [-0.25, -0.2) is 13.8 Å². The molecule has 1 aromatic heterocycles. The predicted octanol–water partition coefficient (Wildman–Crippen LogP) is 2.53. The maximum atomic E-state index is 12.5. The Kier molecular flexibility index (Phi) is 3.38. The summed E-state index contributed by atoms with van der Waals surface area (Å²) in [5.74, 6) is -0.967. The molecular weight excluding hydrogens is 281 g/mol. The van der Waals surface area contributed by atoms with E-state index < -0.39 is 17.9 Å². The summed E-state index contributed by atoms with van der Waals surface area (Å²) in [5.41, 5.74) is 4.03. The molecule has 1 rings (SSSR count). The van der Waals surface area contributed by atoms with E-state index in [0.717, 1.165) is 6.20 Å². The number of carbonyl (C=O) groups is 1. The number of hydrogen-bond acceptors (Lipinski definition) is 2. The Morgan fingerprint density at radius 1 is 1.64 bits per heavy atom. The molecule has 0 unspecified atom stereocenters. The van der Waals surface area contributed by atoms with Crippen molar-refractivity contribution >= 4 is 33.4 Å². The van der Waals surface area contributed by atoms with Gasteiger partial charge < -0.3 is 5.73 Å². The Morgan fingerprint density at radius 3 is 2.64 bits per heavy atom. The predicted molar refractivity (Wildman–Crippen MR) is 50.4 cm³/mol. The van der Waals surface area contributed by atoms with Crippen LogP contribution < -0.4 is 5.73 Å². The van der Waals surface area contributed by atoms with Crippen LogP contribution in [0.2, 0.25) is 5.15 Å². The van der Waals surface area contributed by atoms with Crippen LogP contribution in [-0.4, -0.2) is 10.9 Å². The number of hydrogen-bond donors (Lipinski definition) is 1. The first-order chi connectivity index (χ1) is 6.45. The second-order valence-corrected chi connectivity index (χ2v) is 3.51. The molecule has 0 aromatic carbocycles. The maximum absolute atomic E-state index is 12.5. The number of rotatable bonds is 2. The third-order valence-corrected chi connectivity index (χ3v) is 2.82. The Morgan fingerprint density at radius 2 is 2.21 bits per heavy atom. The molecule has 0 saturated heterocycles. The van der Waals surface area contributed by atoms with E-state index in [1.165, 1.54) is 0 Å². The molecule has 1 heterocycles. The summed E-state index contributed by atoms with van der Waals surface area (Å²) in [6, 6.07) is 0. The van der Waals surface area contributed by atoms with Crippen LogP contribution in [0.4, 0.5) is 8.78 Å². The monoisotopic (exact) mass is 284 g/mol. The number of nitrogens with two attached hydrogens (primary N) is 1. The first kappa shape index (κ1) is 11.3. The summed E-state index contributed by atoms with van der Waals surface area (Å²) in [5, 5.41) is -0.134. The van der Waals surface area contributed by atoms with Crippen LogP contribution in [-0.2, 0) is 0 Å². The lowest BCUT2D eigenvalue weighted by atomic mass is 10.1. The lowest BCUT2D eigenvalue weighted by Gasteiger charge is -2.08. The van der Waals surface area contributed by atoms with Gasteiger partial charge in [0.05, 0.1) is 10.0 Å². The van der Waals surface area contributed by atoms with Crippen molar-refractivity contribution in [1.82, 2.24) is 4.98 Å². The van der Waals surface area contributed by atoms with Crippen LogP contribution in [0, 0.1) is 0 Å². The molecule has 0 saturated carbocycles. The normalized spacial score (nSPS) is 10.6. The van der Waals surface area contributed by atoms with Gasteiger partial charge in [0.25, 0.3) is 12.3 Å². The summed E-state index contributed by atoms with van der Waals surface area (Å²) in [7, 11) is 0. The number of primary amides is 1. The van der Waals surface area contributed by atoms with Gasteiger partial charge in [0.15, 0.2) is 0 Å². The maximum Gasteiger partial charge on any atom is 0.265 e. The van der Waals surface area contributed by atoms with Crippen molar-refractivity contribution in [3.8, 4) is 0 Å². The van der Waals surface area contributed by atoms with Crippen LogP contribution >= 0.6 is 27.5 Å². The van der Waals surface area contributed by atoms with Gasteiger partial charge in [0.1, 0.15) is 5.15 Å². The number of halogens is 4. The minimum Gasteiger partial charge on any atom is -0.366 e. The molecule has 0 radical (unpaired) electrons. The molecule has 2 N–H and O–H groups in total. The Hall–Kier alpha value is -0.750. The van der Waals surface area contributed by atoms with E-state index in [9.17, 15) is 13.6 Å². The summed E-state index contributed by atoms with van der Waals surface area (Å²) in [6.07, 6.45) is -1.91. The second-order valence-electron chi connectivity index (χ2n) is 2.36. The Balaban J connectivity index is 3.45. The summed E-state index contributed by atoms with van der Waals surface area (Å²) in [4.78, 5) is 14.3. The van der Waals surface area contributed by atoms with Crippen molar-refractivity contribution in [2.75, 3.05) is 0 Å². The summed E-state index contributed by atoms with van der Waals surface area (Å²) >= 11 is 8.31.